The molecule has 1 amide bonds. The molecule has 0 atom stereocenters. The first-order chi connectivity index (χ1) is 13.9. The van der Waals surface area contributed by atoms with E-state index in [4.69, 9.17) is 4.74 Å². The normalized spacial score (nSPS) is 15.7. The quantitative estimate of drug-likeness (QED) is 0.580. The summed E-state index contributed by atoms with van der Waals surface area (Å²) in [5.41, 5.74) is 4.07. The number of sulfonamides is 1. The average molecular weight is 416 g/mol. The minimum Gasteiger partial charge on any atom is -0.496 e. The van der Waals surface area contributed by atoms with Crippen LogP contribution >= 0.6 is 0 Å². The van der Waals surface area contributed by atoms with Crippen LogP contribution in [0.15, 0.2) is 58.5 Å². The number of rotatable bonds is 6. The fraction of sp³-hybridized carbons (Fsp3) is 0.333. The fourth-order valence-corrected chi connectivity index (χ4v) is 4.82. The molecule has 0 spiro atoms. The highest BCUT2D eigenvalue weighted by atomic mass is 32.2. The number of carbonyl (C=O) groups excluding carboxylic acids is 1. The molecule has 1 N–H and O–H groups in total. The number of methoxy groups -OCH3 is 1. The molecule has 1 aliphatic heterocycles. The molecule has 29 heavy (non-hydrogen) atoms. The Morgan fingerprint density at radius 1 is 1.07 bits per heavy atom. The predicted molar refractivity (Wildman–Crippen MR) is 112 cm³/mol. The van der Waals surface area contributed by atoms with Gasteiger partial charge in [-0.2, -0.15) is 9.41 Å². The highest BCUT2D eigenvalue weighted by molar-refractivity contribution is 7.89. The molecule has 0 unspecified atom stereocenters. The lowest BCUT2D eigenvalue weighted by Gasteiger charge is -2.25. The number of piperidine rings is 1. The van der Waals surface area contributed by atoms with Crippen molar-refractivity contribution < 1.29 is 17.9 Å². The maximum absolute atomic E-state index is 12.8. The molecule has 1 heterocycles. The number of hydrogen-bond acceptors (Lipinski definition) is 5. The van der Waals surface area contributed by atoms with Crippen LogP contribution < -0.4 is 10.2 Å². The maximum atomic E-state index is 12.8. The largest absolute Gasteiger partial charge is 0.496 e. The van der Waals surface area contributed by atoms with Crippen molar-refractivity contribution in [3.8, 4) is 5.75 Å². The molecule has 0 saturated carbocycles. The number of carbonyl (C=O) groups is 1. The third kappa shape index (κ3) is 4.83. The first-order valence-corrected chi connectivity index (χ1v) is 11.0. The number of nitrogens with zero attached hydrogens (tertiary/aromatic N) is 2. The molecule has 2 aromatic carbocycles. The van der Waals surface area contributed by atoms with Crippen LogP contribution in [0.2, 0.25) is 0 Å². The van der Waals surface area contributed by atoms with Gasteiger partial charge in [0.15, 0.2) is 0 Å². The van der Waals surface area contributed by atoms with Gasteiger partial charge in [0.25, 0.3) is 5.91 Å². The summed E-state index contributed by atoms with van der Waals surface area (Å²) < 4.78 is 32.5. The van der Waals surface area contributed by atoms with Crippen molar-refractivity contribution in [2.75, 3.05) is 20.2 Å². The van der Waals surface area contributed by atoms with Crippen LogP contribution in [0.25, 0.3) is 0 Å². The standard InChI is InChI=1S/C21H25N3O4S/c1-16(19-11-4-5-12-20(19)28-2)22-23-21(25)17-9-8-10-18(15-17)29(26,27)24-13-6-3-7-14-24/h4-5,8-12,15H,3,6-7,13-14H2,1-2H3,(H,23,25)/b22-16-. The molecule has 3 rings (SSSR count). The van der Waals surface area contributed by atoms with Gasteiger partial charge < -0.3 is 4.74 Å². The third-order valence-electron chi connectivity index (χ3n) is 4.87. The van der Waals surface area contributed by atoms with Crippen molar-refractivity contribution in [3.63, 3.8) is 0 Å². The minimum atomic E-state index is -3.60. The molecule has 154 valence electrons. The summed E-state index contributed by atoms with van der Waals surface area (Å²) in [5.74, 6) is 0.174. The number of hydrogen-bond donors (Lipinski definition) is 1. The third-order valence-corrected chi connectivity index (χ3v) is 6.77. The summed E-state index contributed by atoms with van der Waals surface area (Å²) in [7, 11) is -2.03. The van der Waals surface area contributed by atoms with E-state index in [1.807, 2.05) is 24.3 Å². The van der Waals surface area contributed by atoms with Crippen LogP contribution in [0.4, 0.5) is 0 Å². The number of ether oxygens (including phenoxy) is 1. The van der Waals surface area contributed by atoms with Gasteiger partial charge in [0, 0.05) is 24.2 Å². The van der Waals surface area contributed by atoms with E-state index in [-0.39, 0.29) is 10.5 Å². The molecular weight excluding hydrogens is 390 g/mol. The molecule has 1 saturated heterocycles. The number of benzene rings is 2. The first kappa shape index (κ1) is 21.0. The fourth-order valence-electron chi connectivity index (χ4n) is 3.26. The summed E-state index contributed by atoms with van der Waals surface area (Å²) >= 11 is 0. The Bertz CT molecular complexity index is 1010. The summed E-state index contributed by atoms with van der Waals surface area (Å²) in [6.07, 6.45) is 2.75. The molecular formula is C21H25N3O4S. The van der Waals surface area contributed by atoms with Crippen LogP contribution in [0, 0.1) is 0 Å². The van der Waals surface area contributed by atoms with Gasteiger partial charge in [-0.1, -0.05) is 24.6 Å². The topological polar surface area (TPSA) is 88.1 Å². The zero-order chi connectivity index (χ0) is 20.9. The van der Waals surface area contributed by atoms with E-state index >= 15 is 0 Å². The van der Waals surface area contributed by atoms with Gasteiger partial charge in [-0.25, -0.2) is 13.8 Å². The van der Waals surface area contributed by atoms with Gasteiger partial charge in [0.2, 0.25) is 10.0 Å². The number of amides is 1. The van der Waals surface area contributed by atoms with Gasteiger partial charge in [0.05, 0.1) is 17.7 Å². The second-order valence-corrected chi connectivity index (χ2v) is 8.77. The molecule has 2 aromatic rings. The van der Waals surface area contributed by atoms with E-state index < -0.39 is 15.9 Å². The Kier molecular flexibility index (Phi) is 6.66. The molecule has 0 radical (unpaired) electrons. The Morgan fingerprint density at radius 3 is 2.52 bits per heavy atom. The van der Waals surface area contributed by atoms with Crippen LogP contribution in [-0.2, 0) is 10.0 Å². The second kappa shape index (κ2) is 9.19. The smallest absolute Gasteiger partial charge is 0.271 e. The first-order valence-electron chi connectivity index (χ1n) is 9.51. The van der Waals surface area contributed by atoms with E-state index in [2.05, 4.69) is 10.5 Å². The van der Waals surface area contributed by atoms with E-state index in [1.54, 1.807) is 26.2 Å². The average Bonchev–Trinajstić information content (AvgIpc) is 2.77. The summed E-state index contributed by atoms with van der Waals surface area (Å²) in [4.78, 5) is 12.7. The Morgan fingerprint density at radius 2 is 1.79 bits per heavy atom. The second-order valence-electron chi connectivity index (χ2n) is 6.83. The van der Waals surface area contributed by atoms with E-state index in [0.717, 1.165) is 24.8 Å². The zero-order valence-corrected chi connectivity index (χ0v) is 17.4. The lowest BCUT2D eigenvalue weighted by Crippen LogP contribution is -2.35. The molecule has 7 nitrogen and oxygen atoms in total. The molecule has 1 aliphatic rings. The number of para-hydroxylation sites is 1. The molecule has 0 aliphatic carbocycles. The van der Waals surface area contributed by atoms with E-state index in [1.165, 1.54) is 16.4 Å². The zero-order valence-electron chi connectivity index (χ0n) is 16.6. The molecule has 8 heteroatoms. The van der Waals surface area contributed by atoms with Crippen molar-refractivity contribution in [3.05, 3.63) is 59.7 Å². The van der Waals surface area contributed by atoms with Gasteiger partial charge in [-0.15, -0.1) is 0 Å². The highest BCUT2D eigenvalue weighted by Crippen LogP contribution is 2.21. The Balaban J connectivity index is 1.77. The molecule has 0 bridgehead atoms. The highest BCUT2D eigenvalue weighted by Gasteiger charge is 2.26. The predicted octanol–water partition coefficient (Wildman–Crippen LogP) is 3.02. The number of nitrogens with one attached hydrogen (secondary N) is 1. The van der Waals surface area contributed by atoms with Crippen LogP contribution in [-0.4, -0.2) is 44.5 Å². The minimum absolute atomic E-state index is 0.123. The molecule has 0 aromatic heterocycles. The van der Waals surface area contributed by atoms with Gasteiger partial charge in [-0.3, -0.25) is 4.79 Å². The lowest BCUT2D eigenvalue weighted by molar-refractivity contribution is 0.0954. The Labute approximate surface area is 171 Å². The van der Waals surface area contributed by atoms with Crippen molar-refractivity contribution in [2.24, 2.45) is 5.10 Å². The van der Waals surface area contributed by atoms with Gasteiger partial charge >= 0.3 is 0 Å². The van der Waals surface area contributed by atoms with Crippen LogP contribution in [0.1, 0.15) is 42.1 Å². The van der Waals surface area contributed by atoms with E-state index in [9.17, 15) is 13.2 Å². The lowest BCUT2D eigenvalue weighted by atomic mass is 10.1. The summed E-state index contributed by atoms with van der Waals surface area (Å²) in [6, 6.07) is 13.4. The van der Waals surface area contributed by atoms with Crippen molar-refractivity contribution in [2.45, 2.75) is 31.1 Å². The maximum Gasteiger partial charge on any atom is 0.271 e. The monoisotopic (exact) mass is 415 g/mol. The van der Waals surface area contributed by atoms with Crippen LogP contribution in [0.3, 0.4) is 0 Å². The van der Waals surface area contributed by atoms with Crippen molar-refractivity contribution in [1.29, 1.82) is 0 Å². The SMILES string of the molecule is COc1ccccc1/C(C)=N\NC(=O)c1cccc(S(=O)(=O)N2CCCCC2)c1. The molecule has 1 fully saturated rings. The van der Waals surface area contributed by atoms with Crippen molar-refractivity contribution >= 4 is 21.6 Å². The van der Waals surface area contributed by atoms with E-state index in [0.29, 0.717) is 24.6 Å². The number of hydrazone groups is 1. The van der Waals surface area contributed by atoms with Gasteiger partial charge in [-0.05, 0) is 50.1 Å². The van der Waals surface area contributed by atoms with Crippen molar-refractivity contribution in [1.82, 2.24) is 9.73 Å². The summed E-state index contributed by atoms with van der Waals surface area (Å²) in [6.45, 7) is 2.79. The summed E-state index contributed by atoms with van der Waals surface area (Å²) in [5, 5.41) is 4.14. The van der Waals surface area contributed by atoms with Crippen LogP contribution in [0.5, 0.6) is 5.75 Å². The Hall–Kier alpha value is -2.71. The van der Waals surface area contributed by atoms with Gasteiger partial charge in [0.1, 0.15) is 5.75 Å².